The van der Waals surface area contributed by atoms with E-state index in [-0.39, 0.29) is 55.4 Å². The summed E-state index contributed by atoms with van der Waals surface area (Å²) in [5, 5.41) is 16.9. The highest BCUT2D eigenvalue weighted by Crippen LogP contribution is 2.39. The number of nitrogen functional groups attached to an aromatic ring is 1. The van der Waals surface area contributed by atoms with Crippen molar-refractivity contribution in [2.45, 2.75) is 19.6 Å². The van der Waals surface area contributed by atoms with Crippen LogP contribution in [0.25, 0.3) is 32.3 Å². The fourth-order valence-corrected chi connectivity index (χ4v) is 7.68. The van der Waals surface area contributed by atoms with Crippen LogP contribution in [-0.2, 0) is 40.5 Å². The van der Waals surface area contributed by atoms with E-state index in [9.17, 15) is 51.9 Å². The molecule has 0 fully saturated rings. The summed E-state index contributed by atoms with van der Waals surface area (Å²) in [5.41, 5.74) is 6.23. The van der Waals surface area contributed by atoms with Gasteiger partial charge in [0.1, 0.15) is 9.79 Å². The first-order chi connectivity index (χ1) is 23.7. The Labute approximate surface area is 288 Å². The zero-order valence-electron chi connectivity index (χ0n) is 25.2. The minimum absolute atomic E-state index is 0.0376. The lowest BCUT2D eigenvalue weighted by atomic mass is 10.1. The summed E-state index contributed by atoms with van der Waals surface area (Å²) in [6, 6.07) is 18.2. The number of rotatable bonds is 8. The van der Waals surface area contributed by atoms with Crippen LogP contribution in [0.15, 0.2) is 131 Å². The van der Waals surface area contributed by atoms with E-state index < -0.39 is 60.1 Å². The van der Waals surface area contributed by atoms with Gasteiger partial charge in [0.2, 0.25) is 0 Å². The fourth-order valence-electron chi connectivity index (χ4n) is 5.24. The molecular weight excluding hydrogens is 751 g/mol. The second kappa shape index (κ2) is 12.5. The predicted octanol–water partition coefficient (Wildman–Crippen LogP) is 6.55. The van der Waals surface area contributed by atoms with E-state index in [1.807, 2.05) is 0 Å². The number of anilines is 1. The third-order valence-corrected chi connectivity index (χ3v) is 11.0. The molecule has 262 valence electrons. The van der Waals surface area contributed by atoms with E-state index in [1.165, 1.54) is 42.5 Å². The molecule has 0 radical (unpaired) electrons. The highest BCUT2D eigenvalue weighted by Gasteiger charge is 2.22. The Bertz CT molecular complexity index is 2990. The Morgan fingerprint density at radius 3 is 1.45 bits per heavy atom. The minimum atomic E-state index is -4.96. The first-order valence-electron chi connectivity index (χ1n) is 13.9. The maximum absolute atomic E-state index is 12.2. The summed E-state index contributed by atoms with van der Waals surface area (Å²) in [5.74, 6) is 0. The normalized spacial score (nSPS) is 13.3. The van der Waals surface area contributed by atoms with Crippen molar-refractivity contribution < 1.29 is 51.9 Å². The molecule has 21 heteroatoms. The molecule has 0 saturated carbocycles. The van der Waals surface area contributed by atoms with E-state index in [0.717, 1.165) is 48.5 Å². The third kappa shape index (κ3) is 7.17. The van der Waals surface area contributed by atoms with Gasteiger partial charge in [-0.1, -0.05) is 24.3 Å². The van der Waals surface area contributed by atoms with E-state index in [0.29, 0.717) is 5.39 Å². The number of benzene rings is 6. The number of hydrogen-bond donors (Lipinski definition) is 5. The lowest BCUT2D eigenvalue weighted by Gasteiger charge is -2.09. The lowest BCUT2D eigenvalue weighted by molar-refractivity contribution is 0.481. The van der Waals surface area contributed by atoms with Gasteiger partial charge in [0.15, 0.2) is 0 Å². The standard InChI is InChI=1S/C30H21N5O12S4/c31-25-8-9-27(22-14-17(48(36,37)38)4-6-19(22)25)35-34-26-10-11-28(23-15-18(49(39,40)41)5-7-20(23)26)33-32-16-12-24-21(30(13-16)51(45,46)47)2-1-3-29(24)50(42,43)44/h1-15H,31H2,(H,36,37,38)(H,39,40,41)(H,42,43,44)(H,45,46,47)/b33-32+,35-34+. The summed E-state index contributed by atoms with van der Waals surface area (Å²) in [4.78, 5) is -2.38. The van der Waals surface area contributed by atoms with Gasteiger partial charge in [-0.05, 0) is 66.7 Å². The molecule has 0 bridgehead atoms. The Balaban J connectivity index is 1.52. The van der Waals surface area contributed by atoms with Crippen LogP contribution in [0.2, 0.25) is 0 Å². The highest BCUT2D eigenvalue weighted by molar-refractivity contribution is 7.86. The maximum atomic E-state index is 12.2. The van der Waals surface area contributed by atoms with Crippen LogP contribution in [-0.4, -0.2) is 51.9 Å². The molecule has 0 atom stereocenters. The van der Waals surface area contributed by atoms with Gasteiger partial charge in [-0.25, -0.2) is 0 Å². The Morgan fingerprint density at radius 2 is 0.902 bits per heavy atom. The van der Waals surface area contributed by atoms with E-state index in [2.05, 4.69) is 20.5 Å². The second-order valence-electron chi connectivity index (χ2n) is 10.8. The number of hydrogen-bond acceptors (Lipinski definition) is 13. The average molecular weight is 772 g/mol. The summed E-state index contributed by atoms with van der Waals surface area (Å²) < 4.78 is 135. The fraction of sp³-hybridized carbons (Fsp3) is 0. The molecule has 0 amide bonds. The third-order valence-electron chi connectivity index (χ3n) is 7.53. The van der Waals surface area contributed by atoms with Gasteiger partial charge in [0.25, 0.3) is 40.5 Å². The van der Waals surface area contributed by atoms with Crippen LogP contribution >= 0.6 is 0 Å². The van der Waals surface area contributed by atoms with Crippen LogP contribution in [0.3, 0.4) is 0 Å². The number of nitrogens with zero attached hydrogens (tertiary/aromatic N) is 4. The van der Waals surface area contributed by atoms with Gasteiger partial charge in [0.05, 0.1) is 32.5 Å². The quantitative estimate of drug-likeness (QED) is 0.0624. The number of azo groups is 2. The average Bonchev–Trinajstić information content (AvgIpc) is 3.04. The molecule has 0 saturated heterocycles. The van der Waals surface area contributed by atoms with Crippen molar-refractivity contribution in [3.63, 3.8) is 0 Å². The van der Waals surface area contributed by atoms with Crippen molar-refractivity contribution in [2.24, 2.45) is 20.5 Å². The topological polar surface area (TPSA) is 293 Å². The molecule has 6 aromatic carbocycles. The summed E-state index contributed by atoms with van der Waals surface area (Å²) in [6.45, 7) is 0. The summed E-state index contributed by atoms with van der Waals surface area (Å²) in [6.07, 6.45) is 0. The minimum Gasteiger partial charge on any atom is -0.398 e. The smallest absolute Gasteiger partial charge is 0.295 e. The Hall–Kier alpha value is -5.26. The molecule has 51 heavy (non-hydrogen) atoms. The van der Waals surface area contributed by atoms with Crippen molar-refractivity contribution in [1.29, 1.82) is 0 Å². The SMILES string of the molecule is Nc1ccc(/N=N/c2ccc(/N=N/c3cc(S(=O)(=O)O)c4cccc(S(=O)(=O)O)c4c3)c3cc(S(=O)(=O)O)ccc23)c2cc(S(=O)(=O)O)ccc12. The molecule has 6 N–H and O–H groups in total. The lowest BCUT2D eigenvalue weighted by Crippen LogP contribution is -2.03. The van der Waals surface area contributed by atoms with Crippen molar-refractivity contribution in [3.8, 4) is 0 Å². The number of nitrogens with two attached hydrogens (primary N) is 1. The molecule has 0 spiro atoms. The molecule has 0 aliphatic rings. The van der Waals surface area contributed by atoms with Gasteiger partial charge in [-0.2, -0.15) is 38.8 Å². The molecular formula is C30H21N5O12S4. The summed E-state index contributed by atoms with van der Waals surface area (Å²) in [7, 11) is -19.1. The van der Waals surface area contributed by atoms with Crippen molar-refractivity contribution in [3.05, 3.63) is 91.0 Å². The summed E-state index contributed by atoms with van der Waals surface area (Å²) >= 11 is 0. The second-order valence-corrected chi connectivity index (χ2v) is 16.4. The van der Waals surface area contributed by atoms with Crippen LogP contribution in [0, 0.1) is 0 Å². The van der Waals surface area contributed by atoms with Crippen LogP contribution in [0.4, 0.5) is 28.4 Å². The molecule has 0 aromatic heterocycles. The van der Waals surface area contributed by atoms with E-state index in [4.69, 9.17) is 5.73 Å². The molecule has 0 aliphatic heterocycles. The zero-order valence-corrected chi connectivity index (χ0v) is 28.5. The van der Waals surface area contributed by atoms with Crippen LogP contribution in [0.1, 0.15) is 0 Å². The predicted molar refractivity (Wildman–Crippen MR) is 184 cm³/mol. The van der Waals surface area contributed by atoms with Crippen molar-refractivity contribution >= 4 is 101 Å². The largest absolute Gasteiger partial charge is 0.398 e. The Morgan fingerprint density at radius 1 is 0.412 bits per heavy atom. The zero-order chi connectivity index (χ0) is 37.1. The first-order valence-corrected chi connectivity index (χ1v) is 19.7. The monoisotopic (exact) mass is 771 g/mol. The van der Waals surface area contributed by atoms with Crippen molar-refractivity contribution in [1.82, 2.24) is 0 Å². The molecule has 0 heterocycles. The number of fused-ring (bicyclic) bond motifs is 3. The molecule has 0 aliphatic carbocycles. The molecule has 6 rings (SSSR count). The van der Waals surface area contributed by atoms with Gasteiger partial charge in [0, 0.05) is 38.0 Å². The van der Waals surface area contributed by atoms with Crippen molar-refractivity contribution in [2.75, 3.05) is 5.73 Å². The van der Waals surface area contributed by atoms with Gasteiger partial charge < -0.3 is 5.73 Å². The van der Waals surface area contributed by atoms with Crippen LogP contribution in [0.5, 0.6) is 0 Å². The molecule has 17 nitrogen and oxygen atoms in total. The molecule has 0 unspecified atom stereocenters. The first kappa shape index (κ1) is 35.6. The maximum Gasteiger partial charge on any atom is 0.295 e. The van der Waals surface area contributed by atoms with Gasteiger partial charge >= 0.3 is 0 Å². The Kier molecular flexibility index (Phi) is 8.72. The van der Waals surface area contributed by atoms with Crippen LogP contribution < -0.4 is 5.73 Å². The van der Waals surface area contributed by atoms with Gasteiger partial charge in [-0.3, -0.25) is 18.2 Å². The highest BCUT2D eigenvalue weighted by atomic mass is 32.2. The van der Waals surface area contributed by atoms with Gasteiger partial charge in [-0.15, -0.1) is 15.3 Å². The van der Waals surface area contributed by atoms with E-state index in [1.54, 1.807) is 0 Å². The molecule has 6 aromatic rings. The van der Waals surface area contributed by atoms with E-state index >= 15 is 0 Å².